The lowest BCUT2D eigenvalue weighted by molar-refractivity contribution is -0.126. The molecule has 1 saturated heterocycles. The Morgan fingerprint density at radius 1 is 1.17 bits per heavy atom. The minimum absolute atomic E-state index is 0.0544. The molecule has 1 aliphatic heterocycles. The quantitative estimate of drug-likeness (QED) is 0.779. The van der Waals surface area contributed by atoms with E-state index in [0.29, 0.717) is 17.2 Å². The number of carbonyl (C=O) groups excluding carboxylic acids is 1. The summed E-state index contributed by atoms with van der Waals surface area (Å²) < 4.78 is 27.4. The molecule has 1 aromatic heterocycles. The molecule has 0 bridgehead atoms. The number of thiophene rings is 1. The molecule has 1 fully saturated rings. The smallest absolute Gasteiger partial charge is 0.252 e. The lowest BCUT2D eigenvalue weighted by Gasteiger charge is -2.31. The zero-order chi connectivity index (χ0) is 20.4. The van der Waals surface area contributed by atoms with Crippen molar-refractivity contribution < 1.29 is 13.2 Å². The normalized spacial score (nSPS) is 21.3. The first-order valence-corrected chi connectivity index (χ1v) is 12.7. The van der Waals surface area contributed by atoms with Crippen LogP contribution in [-0.2, 0) is 27.7 Å². The van der Waals surface area contributed by atoms with Crippen molar-refractivity contribution in [3.8, 4) is 0 Å². The summed E-state index contributed by atoms with van der Waals surface area (Å²) in [7, 11) is -3.50. The molecular weight excluding hydrogens is 404 g/mol. The van der Waals surface area contributed by atoms with Crippen LogP contribution < -0.4 is 5.32 Å². The maximum atomic E-state index is 12.9. The van der Waals surface area contributed by atoms with Gasteiger partial charge in [-0.3, -0.25) is 4.79 Å². The van der Waals surface area contributed by atoms with Crippen LogP contribution in [0.4, 0.5) is 0 Å². The summed E-state index contributed by atoms with van der Waals surface area (Å²) >= 11 is 1.22. The van der Waals surface area contributed by atoms with Crippen molar-refractivity contribution in [1.82, 2.24) is 9.62 Å². The minimum atomic E-state index is -3.50. The second-order valence-electron chi connectivity index (χ2n) is 8.10. The fourth-order valence-corrected chi connectivity index (χ4v) is 7.02. The molecule has 0 saturated carbocycles. The van der Waals surface area contributed by atoms with E-state index in [9.17, 15) is 13.2 Å². The number of hydrogen-bond donors (Lipinski definition) is 1. The zero-order valence-electron chi connectivity index (χ0n) is 16.8. The molecule has 5 nitrogen and oxygen atoms in total. The molecule has 1 amide bonds. The molecule has 156 valence electrons. The Balaban J connectivity index is 1.41. The van der Waals surface area contributed by atoms with Crippen molar-refractivity contribution in [3.63, 3.8) is 0 Å². The number of carbonyl (C=O) groups is 1. The van der Waals surface area contributed by atoms with Gasteiger partial charge in [-0.15, -0.1) is 11.3 Å². The van der Waals surface area contributed by atoms with Gasteiger partial charge in [0, 0.05) is 13.1 Å². The Bertz CT molecular complexity index is 970. The molecule has 2 aliphatic rings. The zero-order valence-corrected chi connectivity index (χ0v) is 18.4. The standard InChI is InChI=1S/C22H28N2O3S2/c1-16(18-11-10-17-6-2-3-7-19(17)14-18)23-22(25)20-8-4-12-24(15-20)29(26,27)21-9-5-13-28-21/h5,9-11,13-14,16,20H,2-4,6-8,12,15H2,1H3,(H,23,25)/t16-,20-/m0/s1. The van der Waals surface area contributed by atoms with Gasteiger partial charge >= 0.3 is 0 Å². The Labute approximate surface area is 177 Å². The summed E-state index contributed by atoms with van der Waals surface area (Å²) in [6.45, 7) is 2.73. The highest BCUT2D eigenvalue weighted by molar-refractivity contribution is 7.91. The van der Waals surface area contributed by atoms with Crippen molar-refractivity contribution in [3.05, 3.63) is 52.4 Å². The largest absolute Gasteiger partial charge is 0.349 e. The van der Waals surface area contributed by atoms with Crippen LogP contribution in [0.25, 0.3) is 0 Å². The van der Waals surface area contributed by atoms with Crippen molar-refractivity contribution in [1.29, 1.82) is 0 Å². The first-order chi connectivity index (χ1) is 13.9. The van der Waals surface area contributed by atoms with E-state index in [1.807, 2.05) is 6.92 Å². The molecule has 29 heavy (non-hydrogen) atoms. The molecule has 4 rings (SSSR count). The number of rotatable bonds is 5. The molecular formula is C22H28N2O3S2. The Morgan fingerprint density at radius 2 is 1.97 bits per heavy atom. The van der Waals surface area contributed by atoms with Crippen LogP contribution in [0.3, 0.4) is 0 Å². The van der Waals surface area contributed by atoms with Crippen molar-refractivity contribution in [2.45, 2.75) is 55.7 Å². The number of aryl methyl sites for hydroxylation is 2. The number of fused-ring (bicyclic) bond motifs is 1. The SMILES string of the molecule is C[C@H](NC(=O)[C@H]1CCCN(S(=O)(=O)c2cccs2)C1)c1ccc2c(c1)CCCC2. The average molecular weight is 433 g/mol. The lowest BCUT2D eigenvalue weighted by Crippen LogP contribution is -2.45. The molecule has 2 atom stereocenters. The van der Waals surface area contributed by atoms with Crippen LogP contribution in [0, 0.1) is 5.92 Å². The predicted octanol–water partition coefficient (Wildman–Crippen LogP) is 3.91. The fraction of sp³-hybridized carbons (Fsp3) is 0.500. The minimum Gasteiger partial charge on any atom is -0.349 e. The van der Waals surface area contributed by atoms with E-state index in [0.717, 1.165) is 24.8 Å². The highest BCUT2D eigenvalue weighted by Gasteiger charge is 2.34. The molecule has 0 unspecified atom stereocenters. The number of hydrogen-bond acceptors (Lipinski definition) is 4. The molecule has 2 aromatic rings. The van der Waals surface area contributed by atoms with Crippen LogP contribution in [0.2, 0.25) is 0 Å². The van der Waals surface area contributed by atoms with Gasteiger partial charge in [-0.25, -0.2) is 8.42 Å². The van der Waals surface area contributed by atoms with E-state index >= 15 is 0 Å². The van der Waals surface area contributed by atoms with Crippen molar-refractivity contribution >= 4 is 27.3 Å². The number of sulfonamides is 1. The number of amides is 1. The van der Waals surface area contributed by atoms with E-state index < -0.39 is 10.0 Å². The summed E-state index contributed by atoms with van der Waals surface area (Å²) in [5.74, 6) is -0.361. The Kier molecular flexibility index (Phi) is 6.08. The third-order valence-electron chi connectivity index (χ3n) is 6.08. The van der Waals surface area contributed by atoms with Gasteiger partial charge in [-0.05, 0) is 73.6 Å². The van der Waals surface area contributed by atoms with Gasteiger partial charge in [0.1, 0.15) is 4.21 Å². The van der Waals surface area contributed by atoms with Gasteiger partial charge in [-0.2, -0.15) is 4.31 Å². The first-order valence-electron chi connectivity index (χ1n) is 10.4. The van der Waals surface area contributed by atoms with Crippen LogP contribution >= 0.6 is 11.3 Å². The fourth-order valence-electron chi connectivity index (χ4n) is 4.35. The van der Waals surface area contributed by atoms with Gasteiger partial charge in [0.2, 0.25) is 5.91 Å². The van der Waals surface area contributed by atoms with Gasteiger partial charge in [0.15, 0.2) is 0 Å². The summed E-state index contributed by atoms with van der Waals surface area (Å²) in [5, 5.41) is 4.89. The van der Waals surface area contributed by atoms with Gasteiger partial charge < -0.3 is 5.32 Å². The van der Waals surface area contributed by atoms with Crippen LogP contribution in [-0.4, -0.2) is 31.7 Å². The number of benzene rings is 1. The average Bonchev–Trinajstić information content (AvgIpc) is 3.29. The second kappa shape index (κ2) is 8.58. The van der Waals surface area contributed by atoms with Gasteiger partial charge in [-0.1, -0.05) is 24.3 Å². The van der Waals surface area contributed by atoms with E-state index in [-0.39, 0.29) is 24.4 Å². The Morgan fingerprint density at radius 3 is 2.72 bits per heavy atom. The maximum Gasteiger partial charge on any atom is 0.252 e. The van der Waals surface area contributed by atoms with Crippen LogP contribution in [0.15, 0.2) is 39.9 Å². The van der Waals surface area contributed by atoms with Gasteiger partial charge in [0.25, 0.3) is 10.0 Å². The van der Waals surface area contributed by atoms with E-state index in [1.165, 1.54) is 39.6 Å². The molecule has 7 heteroatoms. The van der Waals surface area contributed by atoms with E-state index in [2.05, 4.69) is 23.5 Å². The predicted molar refractivity (Wildman–Crippen MR) is 115 cm³/mol. The Hall–Kier alpha value is -1.70. The topological polar surface area (TPSA) is 66.5 Å². The third-order valence-corrected chi connectivity index (χ3v) is 9.31. The molecule has 2 heterocycles. The first kappa shape index (κ1) is 20.6. The number of nitrogens with zero attached hydrogens (tertiary/aromatic N) is 1. The van der Waals surface area contributed by atoms with Crippen molar-refractivity contribution in [2.24, 2.45) is 5.92 Å². The van der Waals surface area contributed by atoms with E-state index in [4.69, 9.17) is 0 Å². The summed E-state index contributed by atoms with van der Waals surface area (Å²) in [6, 6.07) is 9.83. The lowest BCUT2D eigenvalue weighted by atomic mass is 9.89. The number of nitrogens with one attached hydrogen (secondary N) is 1. The summed E-state index contributed by atoms with van der Waals surface area (Å²) in [6.07, 6.45) is 6.17. The molecule has 0 radical (unpaired) electrons. The summed E-state index contributed by atoms with van der Waals surface area (Å²) in [4.78, 5) is 12.9. The van der Waals surface area contributed by atoms with Crippen LogP contribution in [0.1, 0.15) is 55.3 Å². The van der Waals surface area contributed by atoms with Gasteiger partial charge in [0.05, 0.1) is 12.0 Å². The maximum absolute atomic E-state index is 12.9. The van der Waals surface area contributed by atoms with Crippen LogP contribution in [0.5, 0.6) is 0 Å². The van der Waals surface area contributed by atoms with E-state index in [1.54, 1.807) is 17.5 Å². The third kappa shape index (κ3) is 4.42. The summed E-state index contributed by atoms with van der Waals surface area (Å²) in [5.41, 5.74) is 3.96. The van der Waals surface area contributed by atoms with Crippen molar-refractivity contribution in [2.75, 3.05) is 13.1 Å². The molecule has 1 N–H and O–H groups in total. The highest BCUT2D eigenvalue weighted by atomic mass is 32.2. The molecule has 1 aromatic carbocycles. The second-order valence-corrected chi connectivity index (χ2v) is 11.2. The monoisotopic (exact) mass is 432 g/mol. The highest BCUT2D eigenvalue weighted by Crippen LogP contribution is 2.28. The number of piperidine rings is 1. The molecule has 1 aliphatic carbocycles. The molecule has 0 spiro atoms.